The Bertz CT molecular complexity index is 1370. The highest BCUT2D eigenvalue weighted by molar-refractivity contribution is 6.05. The standard InChI is InChI=1S/C28H26N4O2/c1-19-7-6-10-22(15-19)25-17-27(32(30-25)18-21-8-4-3-5-9-21)29-28(34)24-11-12-26-23(16-24)13-14-31(26)20(2)33/h3-12,15-17H,13-14,18H2,1-2H3,(H,29,34). The summed E-state index contributed by atoms with van der Waals surface area (Å²) in [6.07, 6.45) is 0.749. The van der Waals surface area contributed by atoms with Crippen molar-refractivity contribution in [3.8, 4) is 11.3 Å². The van der Waals surface area contributed by atoms with Crippen molar-refractivity contribution in [1.29, 1.82) is 0 Å². The number of hydrogen-bond acceptors (Lipinski definition) is 3. The van der Waals surface area contributed by atoms with Crippen LogP contribution in [0.1, 0.15) is 34.0 Å². The molecular weight excluding hydrogens is 424 g/mol. The number of amides is 2. The average Bonchev–Trinajstić information content (AvgIpc) is 3.43. The van der Waals surface area contributed by atoms with Crippen molar-refractivity contribution in [3.05, 3.63) is 101 Å². The van der Waals surface area contributed by atoms with Gasteiger partial charge in [-0.15, -0.1) is 0 Å². The van der Waals surface area contributed by atoms with E-state index in [1.807, 2.05) is 78.3 Å². The molecule has 170 valence electrons. The fraction of sp³-hybridized carbons (Fsp3) is 0.179. The second kappa shape index (κ2) is 8.98. The Labute approximate surface area is 198 Å². The van der Waals surface area contributed by atoms with Crippen LogP contribution < -0.4 is 10.2 Å². The summed E-state index contributed by atoms with van der Waals surface area (Å²) in [5.41, 5.74) is 6.53. The van der Waals surface area contributed by atoms with Crippen LogP contribution in [0.25, 0.3) is 11.3 Å². The number of rotatable bonds is 5. The first-order valence-corrected chi connectivity index (χ1v) is 11.4. The van der Waals surface area contributed by atoms with Crippen molar-refractivity contribution in [3.63, 3.8) is 0 Å². The Morgan fingerprint density at radius 2 is 1.79 bits per heavy atom. The second-order valence-corrected chi connectivity index (χ2v) is 8.65. The predicted octanol–water partition coefficient (Wildman–Crippen LogP) is 5.07. The summed E-state index contributed by atoms with van der Waals surface area (Å²) in [6.45, 7) is 4.81. The van der Waals surface area contributed by atoms with Gasteiger partial charge >= 0.3 is 0 Å². The number of hydrogen-bond donors (Lipinski definition) is 1. The minimum Gasteiger partial charge on any atom is -0.312 e. The Morgan fingerprint density at radius 3 is 2.56 bits per heavy atom. The van der Waals surface area contributed by atoms with Gasteiger partial charge in [0.05, 0.1) is 12.2 Å². The molecule has 0 spiro atoms. The molecule has 0 radical (unpaired) electrons. The highest BCUT2D eigenvalue weighted by Crippen LogP contribution is 2.30. The van der Waals surface area contributed by atoms with Crippen LogP contribution in [0.15, 0.2) is 78.9 Å². The lowest BCUT2D eigenvalue weighted by molar-refractivity contribution is -0.116. The fourth-order valence-electron chi connectivity index (χ4n) is 4.40. The van der Waals surface area contributed by atoms with Crippen LogP contribution >= 0.6 is 0 Å². The van der Waals surface area contributed by atoms with Crippen LogP contribution in [-0.4, -0.2) is 28.1 Å². The van der Waals surface area contributed by atoms with Crippen molar-refractivity contribution in [2.24, 2.45) is 0 Å². The van der Waals surface area contributed by atoms with Crippen LogP contribution in [-0.2, 0) is 17.8 Å². The first-order chi connectivity index (χ1) is 16.5. The van der Waals surface area contributed by atoms with E-state index in [-0.39, 0.29) is 11.8 Å². The van der Waals surface area contributed by atoms with Crippen LogP contribution in [0.4, 0.5) is 11.5 Å². The molecular formula is C28H26N4O2. The van der Waals surface area contributed by atoms with Crippen molar-refractivity contribution in [1.82, 2.24) is 9.78 Å². The summed E-state index contributed by atoms with van der Waals surface area (Å²) < 4.78 is 1.83. The molecule has 0 atom stereocenters. The van der Waals surface area contributed by atoms with Gasteiger partial charge in [-0.3, -0.25) is 9.59 Å². The molecule has 0 aliphatic carbocycles. The van der Waals surface area contributed by atoms with Gasteiger partial charge in [-0.25, -0.2) is 4.68 Å². The number of anilines is 2. The number of fused-ring (bicyclic) bond motifs is 1. The van der Waals surface area contributed by atoms with Crippen molar-refractivity contribution >= 4 is 23.3 Å². The van der Waals surface area contributed by atoms with Crippen molar-refractivity contribution < 1.29 is 9.59 Å². The molecule has 0 bridgehead atoms. The van der Waals surface area contributed by atoms with Gasteiger partial charge in [-0.1, -0.05) is 54.1 Å². The van der Waals surface area contributed by atoms with Crippen LogP contribution in [0.3, 0.4) is 0 Å². The molecule has 0 saturated heterocycles. The number of aryl methyl sites for hydroxylation is 1. The molecule has 4 aromatic rings. The third kappa shape index (κ3) is 4.35. The predicted molar refractivity (Wildman–Crippen MR) is 134 cm³/mol. The lowest BCUT2D eigenvalue weighted by Crippen LogP contribution is -2.25. The Morgan fingerprint density at radius 1 is 0.971 bits per heavy atom. The minimum atomic E-state index is -0.200. The molecule has 1 aliphatic rings. The summed E-state index contributed by atoms with van der Waals surface area (Å²) in [6, 6.07) is 25.6. The molecule has 2 heterocycles. The number of carbonyl (C=O) groups excluding carboxylic acids is 2. The van der Waals surface area contributed by atoms with Crippen LogP contribution in [0, 0.1) is 6.92 Å². The van der Waals surface area contributed by atoms with Crippen molar-refractivity contribution in [2.75, 3.05) is 16.8 Å². The van der Waals surface area contributed by atoms with Crippen LogP contribution in [0.5, 0.6) is 0 Å². The second-order valence-electron chi connectivity index (χ2n) is 8.65. The zero-order valence-electron chi connectivity index (χ0n) is 19.3. The quantitative estimate of drug-likeness (QED) is 0.462. The van der Waals surface area contributed by atoms with Gasteiger partial charge in [0.15, 0.2) is 0 Å². The zero-order chi connectivity index (χ0) is 23.7. The maximum absolute atomic E-state index is 13.2. The molecule has 0 fully saturated rings. The van der Waals surface area contributed by atoms with Gasteiger partial charge in [-0.05, 0) is 48.7 Å². The average molecular weight is 451 g/mol. The number of aromatic nitrogens is 2. The number of carbonyl (C=O) groups is 2. The number of nitrogens with one attached hydrogen (secondary N) is 1. The van der Waals surface area contributed by atoms with E-state index < -0.39 is 0 Å². The molecule has 6 nitrogen and oxygen atoms in total. The van der Waals surface area contributed by atoms with E-state index in [4.69, 9.17) is 5.10 Å². The van der Waals surface area contributed by atoms with E-state index in [0.29, 0.717) is 24.5 Å². The lowest BCUT2D eigenvalue weighted by atomic mass is 10.1. The van der Waals surface area contributed by atoms with Crippen molar-refractivity contribution in [2.45, 2.75) is 26.8 Å². The van der Waals surface area contributed by atoms with E-state index in [9.17, 15) is 9.59 Å². The summed E-state index contributed by atoms with van der Waals surface area (Å²) >= 11 is 0. The molecule has 3 aromatic carbocycles. The Balaban J connectivity index is 1.45. The maximum atomic E-state index is 13.2. The highest BCUT2D eigenvalue weighted by Gasteiger charge is 2.23. The van der Waals surface area contributed by atoms with E-state index in [1.54, 1.807) is 17.9 Å². The molecule has 1 aliphatic heterocycles. The third-order valence-corrected chi connectivity index (χ3v) is 6.13. The highest BCUT2D eigenvalue weighted by atomic mass is 16.2. The molecule has 0 unspecified atom stereocenters. The largest absolute Gasteiger partial charge is 0.312 e. The summed E-state index contributed by atoms with van der Waals surface area (Å²) in [5.74, 6) is 0.453. The van der Waals surface area contributed by atoms with E-state index in [0.717, 1.165) is 40.1 Å². The van der Waals surface area contributed by atoms with Gasteiger partial charge in [0, 0.05) is 36.3 Å². The molecule has 1 N–H and O–H groups in total. The molecule has 1 aromatic heterocycles. The molecule has 2 amide bonds. The summed E-state index contributed by atoms with van der Waals surface area (Å²) in [4.78, 5) is 26.8. The first kappa shape index (κ1) is 21.6. The van der Waals surface area contributed by atoms with Gasteiger partial charge in [-0.2, -0.15) is 5.10 Å². The minimum absolute atomic E-state index is 0.0180. The topological polar surface area (TPSA) is 67.2 Å². The van der Waals surface area contributed by atoms with Gasteiger partial charge in [0.2, 0.25) is 5.91 Å². The smallest absolute Gasteiger partial charge is 0.256 e. The number of benzene rings is 3. The van der Waals surface area contributed by atoms with E-state index in [1.165, 1.54) is 0 Å². The molecule has 34 heavy (non-hydrogen) atoms. The lowest BCUT2D eigenvalue weighted by Gasteiger charge is -2.15. The third-order valence-electron chi connectivity index (χ3n) is 6.13. The fourth-order valence-corrected chi connectivity index (χ4v) is 4.40. The van der Waals surface area contributed by atoms with Gasteiger partial charge < -0.3 is 10.2 Å². The summed E-state index contributed by atoms with van der Waals surface area (Å²) in [7, 11) is 0. The van der Waals surface area contributed by atoms with Gasteiger partial charge in [0.1, 0.15) is 5.82 Å². The maximum Gasteiger partial charge on any atom is 0.256 e. The molecule has 5 rings (SSSR count). The van der Waals surface area contributed by atoms with E-state index in [2.05, 4.69) is 11.4 Å². The SMILES string of the molecule is CC(=O)N1CCc2cc(C(=O)Nc3cc(-c4cccc(C)c4)nn3Cc3ccccc3)ccc21. The number of nitrogens with zero attached hydrogens (tertiary/aromatic N) is 3. The zero-order valence-corrected chi connectivity index (χ0v) is 19.3. The molecule has 6 heteroatoms. The Hall–Kier alpha value is -4.19. The molecule has 0 saturated carbocycles. The summed E-state index contributed by atoms with van der Waals surface area (Å²) in [5, 5.41) is 7.87. The first-order valence-electron chi connectivity index (χ1n) is 11.4. The monoisotopic (exact) mass is 450 g/mol. The van der Waals surface area contributed by atoms with Crippen LogP contribution in [0.2, 0.25) is 0 Å². The Kier molecular flexibility index (Phi) is 5.72. The normalized spacial score (nSPS) is 12.5. The van der Waals surface area contributed by atoms with E-state index >= 15 is 0 Å². The van der Waals surface area contributed by atoms with Gasteiger partial charge in [0.25, 0.3) is 5.91 Å².